The van der Waals surface area contributed by atoms with Crippen LogP contribution in [0.3, 0.4) is 0 Å². The Balaban J connectivity index is 2.32. The Morgan fingerprint density at radius 1 is 1.40 bits per heavy atom. The summed E-state index contributed by atoms with van der Waals surface area (Å²) in [6.07, 6.45) is 0. The summed E-state index contributed by atoms with van der Waals surface area (Å²) in [5.74, 6) is 1.20. The van der Waals surface area contributed by atoms with E-state index in [-0.39, 0.29) is 23.1 Å². The molecule has 0 spiro atoms. The van der Waals surface area contributed by atoms with Gasteiger partial charge in [-0.3, -0.25) is 0 Å². The van der Waals surface area contributed by atoms with Crippen LogP contribution >= 0.6 is 0 Å². The third-order valence-corrected chi connectivity index (χ3v) is 3.48. The van der Waals surface area contributed by atoms with E-state index in [2.05, 4.69) is 13.8 Å². The van der Waals surface area contributed by atoms with Crippen LogP contribution in [-0.4, -0.2) is 18.3 Å². The summed E-state index contributed by atoms with van der Waals surface area (Å²) in [4.78, 5) is 0. The Labute approximate surface area is 89.9 Å². The highest BCUT2D eigenvalue weighted by Gasteiger charge is 2.56. The zero-order valence-corrected chi connectivity index (χ0v) is 9.32. The smallest absolute Gasteiger partial charge is 0.122 e. The first-order chi connectivity index (χ1) is 6.98. The molecule has 0 aromatic heterocycles. The number of methoxy groups -OCH3 is 1. The molecule has 0 unspecified atom stereocenters. The average molecular weight is 207 g/mol. The van der Waals surface area contributed by atoms with Gasteiger partial charge in [-0.25, -0.2) is 0 Å². The summed E-state index contributed by atoms with van der Waals surface area (Å²) in [6.45, 7) is 4.23. The van der Waals surface area contributed by atoms with Gasteiger partial charge in [-0.05, 0) is 17.0 Å². The molecular formula is C12H17NO2. The lowest BCUT2D eigenvalue weighted by Gasteiger charge is -2.07. The third kappa shape index (κ3) is 1.47. The second-order valence-corrected chi connectivity index (χ2v) is 4.75. The van der Waals surface area contributed by atoms with Crippen molar-refractivity contribution in [2.24, 2.45) is 11.1 Å². The predicted octanol–water partition coefficient (Wildman–Crippen LogP) is 1.85. The molecule has 3 heteroatoms. The van der Waals surface area contributed by atoms with E-state index >= 15 is 0 Å². The molecule has 0 saturated heterocycles. The molecule has 1 saturated carbocycles. The second kappa shape index (κ2) is 3.14. The normalized spacial score (nSPS) is 27.5. The van der Waals surface area contributed by atoms with Gasteiger partial charge in [0.25, 0.3) is 0 Å². The predicted molar refractivity (Wildman–Crippen MR) is 59.2 cm³/mol. The Bertz CT molecular complexity index is 387. The standard InChI is InChI=1S/C12H17NO2/c1-12(2)10(11(12)13)8-5-4-7(15-3)6-9(8)14/h4-6,10-11,14H,13H2,1-3H3/t10-,11-/m0/s1. The minimum atomic E-state index is 0.0894. The van der Waals surface area contributed by atoms with Gasteiger partial charge in [-0.1, -0.05) is 19.9 Å². The third-order valence-electron chi connectivity index (χ3n) is 3.48. The molecule has 1 fully saturated rings. The fourth-order valence-electron chi connectivity index (χ4n) is 2.19. The molecule has 1 aromatic carbocycles. The van der Waals surface area contributed by atoms with Gasteiger partial charge < -0.3 is 15.6 Å². The maximum absolute atomic E-state index is 9.85. The van der Waals surface area contributed by atoms with Crippen molar-refractivity contribution in [3.05, 3.63) is 23.8 Å². The zero-order valence-electron chi connectivity index (χ0n) is 9.32. The topological polar surface area (TPSA) is 55.5 Å². The molecule has 1 aromatic rings. The van der Waals surface area contributed by atoms with Crippen molar-refractivity contribution in [3.63, 3.8) is 0 Å². The molecule has 1 aliphatic rings. The highest BCUT2D eigenvalue weighted by molar-refractivity contribution is 5.47. The highest BCUT2D eigenvalue weighted by atomic mass is 16.5. The van der Waals surface area contributed by atoms with Crippen molar-refractivity contribution in [1.82, 2.24) is 0 Å². The average Bonchev–Trinajstić information content (AvgIpc) is 2.67. The number of phenols is 1. The summed E-state index contributed by atoms with van der Waals surface area (Å²) in [5.41, 5.74) is 6.99. The molecule has 0 radical (unpaired) electrons. The summed E-state index contributed by atoms with van der Waals surface area (Å²) in [5, 5.41) is 9.85. The van der Waals surface area contributed by atoms with E-state index in [4.69, 9.17) is 10.5 Å². The summed E-state index contributed by atoms with van der Waals surface area (Å²) < 4.78 is 5.04. The molecule has 0 heterocycles. The van der Waals surface area contributed by atoms with Crippen LogP contribution in [0.15, 0.2) is 18.2 Å². The molecule has 1 aliphatic carbocycles. The van der Waals surface area contributed by atoms with Crippen molar-refractivity contribution in [3.8, 4) is 11.5 Å². The van der Waals surface area contributed by atoms with Crippen LogP contribution in [0, 0.1) is 5.41 Å². The number of nitrogens with two attached hydrogens (primary N) is 1. The number of ether oxygens (including phenoxy) is 1. The van der Waals surface area contributed by atoms with E-state index in [1.807, 2.05) is 12.1 Å². The summed E-state index contributed by atoms with van der Waals surface area (Å²) in [6, 6.07) is 5.52. The van der Waals surface area contributed by atoms with Gasteiger partial charge in [0.1, 0.15) is 11.5 Å². The first kappa shape index (κ1) is 10.3. The molecule has 0 amide bonds. The number of hydrogen-bond acceptors (Lipinski definition) is 3. The highest BCUT2D eigenvalue weighted by Crippen LogP contribution is 2.59. The van der Waals surface area contributed by atoms with Crippen LogP contribution in [0.5, 0.6) is 11.5 Å². The quantitative estimate of drug-likeness (QED) is 0.778. The summed E-state index contributed by atoms with van der Waals surface area (Å²) in [7, 11) is 1.58. The van der Waals surface area contributed by atoms with Gasteiger partial charge in [0.2, 0.25) is 0 Å². The zero-order chi connectivity index (χ0) is 11.2. The molecule has 0 bridgehead atoms. The molecule has 15 heavy (non-hydrogen) atoms. The van der Waals surface area contributed by atoms with Gasteiger partial charge in [-0.15, -0.1) is 0 Å². The SMILES string of the molecule is COc1ccc([C@H]2[C@H](N)C2(C)C)c(O)c1. The molecule has 0 aliphatic heterocycles. The largest absolute Gasteiger partial charge is 0.508 e. The number of benzene rings is 1. The van der Waals surface area contributed by atoms with Crippen molar-refractivity contribution in [2.45, 2.75) is 25.8 Å². The molecule has 3 N–H and O–H groups in total. The molecular weight excluding hydrogens is 190 g/mol. The monoisotopic (exact) mass is 207 g/mol. The molecule has 3 nitrogen and oxygen atoms in total. The Morgan fingerprint density at radius 2 is 2.00 bits per heavy atom. The molecule has 2 atom stereocenters. The van der Waals surface area contributed by atoms with E-state index in [9.17, 15) is 5.11 Å². The van der Waals surface area contributed by atoms with E-state index < -0.39 is 0 Å². The van der Waals surface area contributed by atoms with Gasteiger partial charge in [0.15, 0.2) is 0 Å². The Morgan fingerprint density at radius 3 is 2.40 bits per heavy atom. The fraction of sp³-hybridized carbons (Fsp3) is 0.500. The van der Waals surface area contributed by atoms with E-state index in [1.54, 1.807) is 13.2 Å². The van der Waals surface area contributed by atoms with Crippen LogP contribution in [0.2, 0.25) is 0 Å². The maximum Gasteiger partial charge on any atom is 0.122 e. The molecule has 2 rings (SSSR count). The van der Waals surface area contributed by atoms with Crippen molar-refractivity contribution in [1.29, 1.82) is 0 Å². The van der Waals surface area contributed by atoms with Gasteiger partial charge in [0.05, 0.1) is 7.11 Å². The van der Waals surface area contributed by atoms with Crippen LogP contribution in [0.1, 0.15) is 25.3 Å². The van der Waals surface area contributed by atoms with Gasteiger partial charge in [-0.2, -0.15) is 0 Å². The van der Waals surface area contributed by atoms with E-state index in [1.165, 1.54) is 0 Å². The number of aromatic hydroxyl groups is 1. The minimum Gasteiger partial charge on any atom is -0.508 e. The lowest BCUT2D eigenvalue weighted by molar-refractivity contribution is 0.406. The van der Waals surface area contributed by atoms with Gasteiger partial charge in [0, 0.05) is 18.0 Å². The Hall–Kier alpha value is -1.22. The first-order valence-corrected chi connectivity index (χ1v) is 5.11. The van der Waals surface area contributed by atoms with Crippen LogP contribution in [-0.2, 0) is 0 Å². The van der Waals surface area contributed by atoms with Crippen molar-refractivity contribution >= 4 is 0 Å². The summed E-state index contributed by atoms with van der Waals surface area (Å²) >= 11 is 0. The first-order valence-electron chi connectivity index (χ1n) is 5.11. The van der Waals surface area contributed by atoms with E-state index in [0.29, 0.717) is 5.75 Å². The van der Waals surface area contributed by atoms with Crippen LogP contribution in [0.25, 0.3) is 0 Å². The Kier molecular flexibility index (Phi) is 2.15. The van der Waals surface area contributed by atoms with Crippen molar-refractivity contribution < 1.29 is 9.84 Å². The number of phenolic OH excluding ortho intramolecular Hbond substituents is 1. The van der Waals surface area contributed by atoms with Crippen molar-refractivity contribution in [2.75, 3.05) is 7.11 Å². The number of hydrogen-bond donors (Lipinski definition) is 2. The van der Waals surface area contributed by atoms with Gasteiger partial charge >= 0.3 is 0 Å². The fourth-order valence-corrected chi connectivity index (χ4v) is 2.19. The lowest BCUT2D eigenvalue weighted by atomic mass is 10.0. The van der Waals surface area contributed by atoms with Crippen LogP contribution in [0.4, 0.5) is 0 Å². The second-order valence-electron chi connectivity index (χ2n) is 4.75. The minimum absolute atomic E-state index is 0.0894. The van der Waals surface area contributed by atoms with Crippen LogP contribution < -0.4 is 10.5 Å². The number of rotatable bonds is 2. The maximum atomic E-state index is 9.85. The van der Waals surface area contributed by atoms with E-state index in [0.717, 1.165) is 5.56 Å². The lowest BCUT2D eigenvalue weighted by Crippen LogP contribution is -2.06. The molecule has 82 valence electrons.